The number of hydrogen-bond donors (Lipinski definition) is 0. The first-order chi connectivity index (χ1) is 12.1. The predicted molar refractivity (Wildman–Crippen MR) is 93.8 cm³/mol. The fraction of sp³-hybridized carbons (Fsp3) is 0.650. The van der Waals surface area contributed by atoms with Gasteiger partial charge in [-0.1, -0.05) is 18.2 Å². The molecule has 0 radical (unpaired) electrons. The SMILES string of the molecule is C[C@H]1OC2(CCN(CCc3ccccc3F)CC2)CN(C2CC2)C1=O. The fourth-order valence-corrected chi connectivity index (χ4v) is 4.22. The topological polar surface area (TPSA) is 32.8 Å². The molecule has 0 aromatic heterocycles. The van der Waals surface area contributed by atoms with E-state index in [9.17, 15) is 9.18 Å². The molecule has 4 nitrogen and oxygen atoms in total. The van der Waals surface area contributed by atoms with Crippen LogP contribution in [0.4, 0.5) is 4.39 Å². The molecule has 0 bridgehead atoms. The lowest BCUT2D eigenvalue weighted by atomic mass is 9.88. The summed E-state index contributed by atoms with van der Waals surface area (Å²) in [6.45, 7) is 5.42. The minimum atomic E-state index is -0.320. The minimum Gasteiger partial charge on any atom is -0.360 e. The lowest BCUT2D eigenvalue weighted by molar-refractivity contribution is -0.190. The van der Waals surface area contributed by atoms with E-state index in [0.29, 0.717) is 6.04 Å². The standard InChI is InChI=1S/C20H27FN2O2/c1-15-19(24)23(17-6-7-17)14-20(25-15)9-12-22(13-10-20)11-8-16-4-2-3-5-18(16)21/h2-5,15,17H,6-14H2,1H3/t15-/m1/s1. The molecule has 1 spiro atoms. The van der Waals surface area contributed by atoms with Gasteiger partial charge in [-0.3, -0.25) is 4.79 Å². The van der Waals surface area contributed by atoms with Crippen LogP contribution >= 0.6 is 0 Å². The largest absolute Gasteiger partial charge is 0.360 e. The molecule has 1 aromatic carbocycles. The Balaban J connectivity index is 1.33. The zero-order chi connectivity index (χ0) is 17.4. The van der Waals surface area contributed by atoms with Crippen molar-refractivity contribution < 1.29 is 13.9 Å². The molecule has 0 N–H and O–H groups in total. The highest BCUT2D eigenvalue weighted by atomic mass is 19.1. The molecule has 25 heavy (non-hydrogen) atoms. The highest BCUT2D eigenvalue weighted by molar-refractivity contribution is 5.82. The zero-order valence-corrected chi connectivity index (χ0v) is 14.9. The summed E-state index contributed by atoms with van der Waals surface area (Å²) >= 11 is 0. The number of halogens is 1. The monoisotopic (exact) mass is 346 g/mol. The van der Waals surface area contributed by atoms with Crippen molar-refractivity contribution in [2.45, 2.75) is 56.8 Å². The first-order valence-corrected chi connectivity index (χ1v) is 9.50. The van der Waals surface area contributed by atoms with Crippen molar-refractivity contribution in [1.29, 1.82) is 0 Å². The second-order valence-corrected chi connectivity index (χ2v) is 7.82. The third kappa shape index (κ3) is 3.58. The molecule has 5 heteroatoms. The summed E-state index contributed by atoms with van der Waals surface area (Å²) in [6, 6.07) is 7.48. The Morgan fingerprint density at radius 1 is 1.24 bits per heavy atom. The number of likely N-dealkylation sites (tertiary alicyclic amines) is 1. The number of morpholine rings is 1. The summed E-state index contributed by atoms with van der Waals surface area (Å²) in [5.41, 5.74) is 0.612. The first kappa shape index (κ1) is 17.0. The van der Waals surface area contributed by atoms with Crippen LogP contribution in [0.1, 0.15) is 38.2 Å². The maximum absolute atomic E-state index is 13.8. The van der Waals surface area contributed by atoms with E-state index in [1.165, 1.54) is 6.07 Å². The maximum atomic E-state index is 13.8. The lowest BCUT2D eigenvalue weighted by Crippen LogP contribution is -2.61. The molecule has 2 aliphatic heterocycles. The van der Waals surface area contributed by atoms with Crippen LogP contribution in [0.2, 0.25) is 0 Å². The van der Waals surface area contributed by atoms with Gasteiger partial charge in [0.15, 0.2) is 0 Å². The summed E-state index contributed by atoms with van der Waals surface area (Å²) in [7, 11) is 0. The average Bonchev–Trinajstić information content (AvgIpc) is 3.44. The number of amides is 1. The Kier molecular flexibility index (Phi) is 4.54. The highest BCUT2D eigenvalue weighted by Gasteiger charge is 2.48. The third-order valence-electron chi connectivity index (χ3n) is 5.93. The van der Waals surface area contributed by atoms with E-state index >= 15 is 0 Å². The summed E-state index contributed by atoms with van der Waals surface area (Å²) in [4.78, 5) is 16.8. The van der Waals surface area contributed by atoms with Crippen molar-refractivity contribution in [1.82, 2.24) is 9.80 Å². The molecule has 1 aliphatic carbocycles. The van der Waals surface area contributed by atoms with Gasteiger partial charge < -0.3 is 14.5 Å². The number of benzene rings is 1. The van der Waals surface area contributed by atoms with Gasteiger partial charge in [0.1, 0.15) is 11.9 Å². The molecule has 2 saturated heterocycles. The van der Waals surface area contributed by atoms with Crippen LogP contribution in [0.3, 0.4) is 0 Å². The molecule has 0 unspecified atom stereocenters. The van der Waals surface area contributed by atoms with Crippen LogP contribution < -0.4 is 0 Å². The molecule has 4 rings (SSSR count). The van der Waals surface area contributed by atoms with Gasteiger partial charge in [-0.15, -0.1) is 0 Å². The van der Waals surface area contributed by atoms with Crippen molar-refractivity contribution in [2.24, 2.45) is 0 Å². The van der Waals surface area contributed by atoms with Crippen LogP contribution in [0.5, 0.6) is 0 Å². The third-order valence-corrected chi connectivity index (χ3v) is 5.93. The summed E-state index contributed by atoms with van der Waals surface area (Å²) < 4.78 is 19.9. The molecule has 1 aromatic rings. The molecule has 136 valence electrons. The predicted octanol–water partition coefficient (Wildman–Crippen LogP) is 2.61. The first-order valence-electron chi connectivity index (χ1n) is 9.50. The average molecular weight is 346 g/mol. The molecule has 1 amide bonds. The van der Waals surface area contributed by atoms with Crippen molar-refractivity contribution in [3.63, 3.8) is 0 Å². The molecule has 3 aliphatic rings. The van der Waals surface area contributed by atoms with E-state index in [1.807, 2.05) is 19.1 Å². The Hall–Kier alpha value is -1.46. The van der Waals surface area contributed by atoms with Gasteiger partial charge in [-0.25, -0.2) is 4.39 Å². The number of rotatable bonds is 4. The van der Waals surface area contributed by atoms with Gasteiger partial charge in [0, 0.05) is 25.7 Å². The highest BCUT2D eigenvalue weighted by Crippen LogP contribution is 2.38. The number of carbonyl (C=O) groups is 1. The summed E-state index contributed by atoms with van der Waals surface area (Å²) in [5, 5.41) is 0. The van der Waals surface area contributed by atoms with E-state index in [0.717, 1.165) is 63.8 Å². The Morgan fingerprint density at radius 3 is 2.64 bits per heavy atom. The number of nitrogens with zero attached hydrogens (tertiary/aromatic N) is 2. The van der Waals surface area contributed by atoms with Gasteiger partial charge >= 0.3 is 0 Å². The van der Waals surface area contributed by atoms with Crippen LogP contribution in [0, 0.1) is 5.82 Å². The second-order valence-electron chi connectivity index (χ2n) is 7.82. The van der Waals surface area contributed by atoms with E-state index in [4.69, 9.17) is 4.74 Å². The molecular formula is C20H27FN2O2. The normalized spacial score (nSPS) is 27.0. The number of hydrogen-bond acceptors (Lipinski definition) is 3. The number of piperidine rings is 1. The van der Waals surface area contributed by atoms with Gasteiger partial charge in [-0.2, -0.15) is 0 Å². The lowest BCUT2D eigenvalue weighted by Gasteiger charge is -2.49. The molecule has 1 saturated carbocycles. The maximum Gasteiger partial charge on any atom is 0.251 e. The van der Waals surface area contributed by atoms with Gasteiger partial charge in [0.05, 0.1) is 12.1 Å². The van der Waals surface area contributed by atoms with Crippen molar-refractivity contribution in [3.05, 3.63) is 35.6 Å². The van der Waals surface area contributed by atoms with Gasteiger partial charge in [0.2, 0.25) is 0 Å². The van der Waals surface area contributed by atoms with E-state index in [2.05, 4.69) is 9.80 Å². The Bertz CT molecular complexity index is 638. The summed E-state index contributed by atoms with van der Waals surface area (Å²) in [6.07, 6.45) is 4.60. The minimum absolute atomic E-state index is 0.112. The summed E-state index contributed by atoms with van der Waals surface area (Å²) in [5.74, 6) is 0.0501. The van der Waals surface area contributed by atoms with Crippen LogP contribution in [0.15, 0.2) is 24.3 Å². The van der Waals surface area contributed by atoms with Crippen LogP contribution in [-0.2, 0) is 16.0 Å². The molecular weight excluding hydrogens is 319 g/mol. The quantitative estimate of drug-likeness (QED) is 0.840. The van der Waals surface area contributed by atoms with E-state index in [-0.39, 0.29) is 23.4 Å². The van der Waals surface area contributed by atoms with Gasteiger partial charge in [0.25, 0.3) is 5.91 Å². The number of carbonyl (C=O) groups excluding carboxylic acids is 1. The zero-order valence-electron chi connectivity index (χ0n) is 14.9. The molecule has 2 heterocycles. The van der Waals surface area contributed by atoms with Crippen molar-refractivity contribution in [2.75, 3.05) is 26.2 Å². The Labute approximate surface area is 148 Å². The van der Waals surface area contributed by atoms with Crippen LogP contribution in [-0.4, -0.2) is 59.6 Å². The smallest absolute Gasteiger partial charge is 0.251 e. The van der Waals surface area contributed by atoms with E-state index in [1.54, 1.807) is 6.07 Å². The second kappa shape index (κ2) is 6.69. The van der Waals surface area contributed by atoms with Crippen LogP contribution in [0.25, 0.3) is 0 Å². The molecule has 1 atom stereocenters. The van der Waals surface area contributed by atoms with Crippen molar-refractivity contribution in [3.8, 4) is 0 Å². The Morgan fingerprint density at radius 2 is 1.96 bits per heavy atom. The number of ether oxygens (including phenoxy) is 1. The molecule has 3 fully saturated rings. The van der Waals surface area contributed by atoms with Crippen molar-refractivity contribution >= 4 is 5.91 Å². The fourth-order valence-electron chi connectivity index (χ4n) is 4.22. The van der Waals surface area contributed by atoms with Gasteiger partial charge in [-0.05, 0) is 50.7 Å². The van der Waals surface area contributed by atoms with E-state index < -0.39 is 0 Å².